The summed E-state index contributed by atoms with van der Waals surface area (Å²) in [5.74, 6) is 1.33. The van der Waals surface area contributed by atoms with E-state index in [1.165, 1.54) is 0 Å². The zero-order valence-corrected chi connectivity index (χ0v) is 13.1. The van der Waals surface area contributed by atoms with Crippen molar-refractivity contribution >= 4 is 11.2 Å². The van der Waals surface area contributed by atoms with Crippen LogP contribution in [0.5, 0.6) is 0 Å². The van der Waals surface area contributed by atoms with E-state index in [0.29, 0.717) is 11.6 Å². The lowest BCUT2D eigenvalue weighted by molar-refractivity contribution is 0.551. The number of pyridine rings is 1. The van der Waals surface area contributed by atoms with E-state index in [0.717, 1.165) is 33.7 Å². The standard InChI is InChI=1S/C17H15N5O/c1-10-5-4-6-11(2)15(10)22-9-19-21-16(22)13-7-14-17(18-8-13)23-12(3)20-14/h4-9H,1-3H3. The van der Waals surface area contributed by atoms with Crippen molar-refractivity contribution in [1.29, 1.82) is 0 Å². The van der Waals surface area contributed by atoms with E-state index in [2.05, 4.69) is 46.1 Å². The number of para-hydroxylation sites is 1. The minimum atomic E-state index is 0.532. The largest absolute Gasteiger partial charge is 0.423 e. The number of hydrogen-bond donors (Lipinski definition) is 0. The Morgan fingerprint density at radius 3 is 2.65 bits per heavy atom. The second kappa shape index (κ2) is 5.01. The molecule has 0 unspecified atom stereocenters. The summed E-state index contributed by atoms with van der Waals surface area (Å²) in [7, 11) is 0. The van der Waals surface area contributed by atoms with Crippen LogP contribution in [-0.2, 0) is 0 Å². The maximum absolute atomic E-state index is 5.43. The number of benzene rings is 1. The third kappa shape index (κ3) is 2.19. The Hall–Kier alpha value is -3.02. The van der Waals surface area contributed by atoms with E-state index >= 15 is 0 Å². The number of oxazole rings is 1. The quantitative estimate of drug-likeness (QED) is 0.567. The molecule has 23 heavy (non-hydrogen) atoms. The van der Waals surface area contributed by atoms with Crippen molar-refractivity contribution in [2.24, 2.45) is 0 Å². The lowest BCUT2D eigenvalue weighted by Gasteiger charge is -2.12. The highest BCUT2D eigenvalue weighted by Crippen LogP contribution is 2.26. The van der Waals surface area contributed by atoms with Gasteiger partial charge in [0.15, 0.2) is 11.7 Å². The molecule has 0 saturated heterocycles. The summed E-state index contributed by atoms with van der Waals surface area (Å²) in [6.45, 7) is 5.96. The minimum absolute atomic E-state index is 0.532. The van der Waals surface area contributed by atoms with Crippen LogP contribution in [0.1, 0.15) is 17.0 Å². The van der Waals surface area contributed by atoms with Crippen molar-refractivity contribution in [1.82, 2.24) is 24.7 Å². The van der Waals surface area contributed by atoms with Gasteiger partial charge in [0.25, 0.3) is 0 Å². The summed E-state index contributed by atoms with van der Waals surface area (Å²) in [5.41, 5.74) is 5.52. The molecular formula is C17H15N5O. The monoisotopic (exact) mass is 305 g/mol. The zero-order chi connectivity index (χ0) is 16.0. The van der Waals surface area contributed by atoms with Crippen LogP contribution in [0.2, 0.25) is 0 Å². The lowest BCUT2D eigenvalue weighted by Crippen LogP contribution is -2.01. The van der Waals surface area contributed by atoms with Gasteiger partial charge < -0.3 is 4.42 Å². The average molecular weight is 305 g/mol. The van der Waals surface area contributed by atoms with Gasteiger partial charge in [-0.25, -0.2) is 9.97 Å². The molecule has 0 N–H and O–H groups in total. The van der Waals surface area contributed by atoms with Gasteiger partial charge in [0.2, 0.25) is 5.71 Å². The fourth-order valence-corrected chi connectivity index (χ4v) is 2.84. The molecule has 0 spiro atoms. The van der Waals surface area contributed by atoms with E-state index < -0.39 is 0 Å². The van der Waals surface area contributed by atoms with E-state index in [-0.39, 0.29) is 0 Å². The second-order valence-electron chi connectivity index (χ2n) is 5.55. The third-order valence-corrected chi connectivity index (χ3v) is 3.84. The number of aromatic nitrogens is 5. The lowest BCUT2D eigenvalue weighted by atomic mass is 10.1. The average Bonchev–Trinajstić information content (AvgIpc) is 3.11. The van der Waals surface area contributed by atoms with Crippen LogP contribution < -0.4 is 0 Å². The molecule has 4 rings (SSSR count). The van der Waals surface area contributed by atoms with E-state index in [4.69, 9.17) is 4.42 Å². The number of rotatable bonds is 2. The first-order chi connectivity index (χ1) is 11.1. The van der Waals surface area contributed by atoms with Crippen LogP contribution >= 0.6 is 0 Å². The molecule has 114 valence electrons. The van der Waals surface area contributed by atoms with Gasteiger partial charge in [0, 0.05) is 18.7 Å². The summed E-state index contributed by atoms with van der Waals surface area (Å²) >= 11 is 0. The van der Waals surface area contributed by atoms with Gasteiger partial charge in [-0.2, -0.15) is 0 Å². The maximum Gasteiger partial charge on any atom is 0.246 e. The Bertz CT molecular complexity index is 995. The van der Waals surface area contributed by atoms with Crippen molar-refractivity contribution in [3.8, 4) is 17.1 Å². The summed E-state index contributed by atoms with van der Waals surface area (Å²) in [6.07, 6.45) is 3.46. The van der Waals surface area contributed by atoms with Crippen molar-refractivity contribution in [3.05, 3.63) is 53.8 Å². The SMILES string of the molecule is Cc1nc2cc(-c3nncn3-c3c(C)cccc3C)cnc2o1. The first-order valence-electron chi connectivity index (χ1n) is 7.33. The van der Waals surface area contributed by atoms with Crippen LogP contribution in [0.25, 0.3) is 28.3 Å². The Morgan fingerprint density at radius 2 is 1.87 bits per heavy atom. The molecule has 0 radical (unpaired) electrons. The summed E-state index contributed by atoms with van der Waals surface area (Å²) in [5, 5.41) is 8.36. The number of nitrogens with zero attached hydrogens (tertiary/aromatic N) is 5. The van der Waals surface area contributed by atoms with Gasteiger partial charge in [-0.3, -0.25) is 4.57 Å². The van der Waals surface area contributed by atoms with E-state index in [1.807, 2.05) is 16.7 Å². The topological polar surface area (TPSA) is 69.6 Å². The number of fused-ring (bicyclic) bond motifs is 1. The molecule has 0 amide bonds. The molecule has 6 nitrogen and oxygen atoms in total. The van der Waals surface area contributed by atoms with Crippen molar-refractivity contribution < 1.29 is 4.42 Å². The molecule has 0 aliphatic heterocycles. The molecule has 0 aliphatic rings. The summed E-state index contributed by atoms with van der Waals surface area (Å²) < 4.78 is 7.41. The molecule has 3 aromatic heterocycles. The molecule has 6 heteroatoms. The Kier molecular flexibility index (Phi) is 2.97. The summed E-state index contributed by atoms with van der Waals surface area (Å²) in [6, 6.07) is 8.13. The Morgan fingerprint density at radius 1 is 1.09 bits per heavy atom. The Labute approximate surface area is 132 Å². The van der Waals surface area contributed by atoms with Gasteiger partial charge in [-0.15, -0.1) is 10.2 Å². The van der Waals surface area contributed by atoms with Crippen LogP contribution in [0.15, 0.2) is 41.2 Å². The maximum atomic E-state index is 5.43. The van der Waals surface area contributed by atoms with Crippen LogP contribution in [0, 0.1) is 20.8 Å². The molecule has 4 aromatic rings. The zero-order valence-electron chi connectivity index (χ0n) is 13.1. The summed E-state index contributed by atoms with van der Waals surface area (Å²) in [4.78, 5) is 8.66. The van der Waals surface area contributed by atoms with Crippen LogP contribution in [0.3, 0.4) is 0 Å². The third-order valence-electron chi connectivity index (χ3n) is 3.84. The minimum Gasteiger partial charge on any atom is -0.423 e. The first-order valence-corrected chi connectivity index (χ1v) is 7.33. The number of hydrogen-bond acceptors (Lipinski definition) is 5. The highest BCUT2D eigenvalue weighted by atomic mass is 16.4. The molecule has 1 aromatic carbocycles. The highest BCUT2D eigenvalue weighted by Gasteiger charge is 2.14. The van der Waals surface area contributed by atoms with Crippen LogP contribution in [0.4, 0.5) is 0 Å². The van der Waals surface area contributed by atoms with Gasteiger partial charge in [-0.05, 0) is 31.0 Å². The molecule has 0 bridgehead atoms. The molecule has 0 fully saturated rings. The normalized spacial score (nSPS) is 11.3. The van der Waals surface area contributed by atoms with Gasteiger partial charge in [0.05, 0.1) is 5.69 Å². The predicted octanol–water partition coefficient (Wildman–Crippen LogP) is 3.40. The first kappa shape index (κ1) is 13.6. The van der Waals surface area contributed by atoms with E-state index in [9.17, 15) is 0 Å². The van der Waals surface area contributed by atoms with Crippen molar-refractivity contribution in [2.75, 3.05) is 0 Å². The van der Waals surface area contributed by atoms with Crippen LogP contribution in [-0.4, -0.2) is 24.7 Å². The van der Waals surface area contributed by atoms with Crippen molar-refractivity contribution in [3.63, 3.8) is 0 Å². The fraction of sp³-hybridized carbons (Fsp3) is 0.176. The second-order valence-corrected chi connectivity index (χ2v) is 5.55. The fourth-order valence-electron chi connectivity index (χ4n) is 2.84. The molecule has 0 aliphatic carbocycles. The van der Waals surface area contributed by atoms with Gasteiger partial charge in [-0.1, -0.05) is 18.2 Å². The molecule has 0 saturated carbocycles. The van der Waals surface area contributed by atoms with Gasteiger partial charge >= 0.3 is 0 Å². The number of aryl methyl sites for hydroxylation is 3. The molecular weight excluding hydrogens is 290 g/mol. The Balaban J connectivity index is 1.91. The smallest absolute Gasteiger partial charge is 0.246 e. The highest BCUT2D eigenvalue weighted by molar-refractivity contribution is 5.75. The predicted molar refractivity (Wildman–Crippen MR) is 86.4 cm³/mol. The van der Waals surface area contributed by atoms with Crippen molar-refractivity contribution in [2.45, 2.75) is 20.8 Å². The molecule has 0 atom stereocenters. The molecule has 3 heterocycles. The van der Waals surface area contributed by atoms with E-state index in [1.54, 1.807) is 19.4 Å². The van der Waals surface area contributed by atoms with Gasteiger partial charge in [0.1, 0.15) is 11.8 Å².